The number of hydrogen-bond acceptors (Lipinski definition) is 3. The Morgan fingerprint density at radius 3 is 2.50 bits per heavy atom. The zero-order chi connectivity index (χ0) is 14.5. The van der Waals surface area contributed by atoms with Crippen LogP contribution >= 0.6 is 0 Å². The number of benzene rings is 1. The summed E-state index contributed by atoms with van der Waals surface area (Å²) in [5, 5.41) is 19.4. The quantitative estimate of drug-likeness (QED) is 0.840. The van der Waals surface area contributed by atoms with Gasteiger partial charge >= 0.3 is 0 Å². The van der Waals surface area contributed by atoms with Crippen molar-refractivity contribution < 1.29 is 10.2 Å². The van der Waals surface area contributed by atoms with E-state index in [1.54, 1.807) is 0 Å². The van der Waals surface area contributed by atoms with E-state index >= 15 is 0 Å². The highest BCUT2D eigenvalue weighted by atomic mass is 16.3. The van der Waals surface area contributed by atoms with Crippen molar-refractivity contribution >= 4 is 0 Å². The van der Waals surface area contributed by atoms with E-state index in [0.717, 1.165) is 37.9 Å². The van der Waals surface area contributed by atoms with E-state index in [2.05, 4.69) is 24.8 Å². The minimum Gasteiger partial charge on any atom is -0.507 e. The van der Waals surface area contributed by atoms with Crippen molar-refractivity contribution in [3.63, 3.8) is 0 Å². The zero-order valence-corrected chi connectivity index (χ0v) is 12.7. The Morgan fingerprint density at radius 2 is 1.90 bits per heavy atom. The number of fused-ring (bicyclic) bond motifs is 1. The maximum absolute atomic E-state index is 10.2. The number of phenols is 1. The van der Waals surface area contributed by atoms with Crippen molar-refractivity contribution in [1.29, 1.82) is 0 Å². The van der Waals surface area contributed by atoms with E-state index in [4.69, 9.17) is 0 Å². The highest BCUT2D eigenvalue weighted by molar-refractivity contribution is 5.47. The SMILES string of the molecule is CCCN(CCC)C1CCc2c(ccc(CO)c2O)C1. The largest absolute Gasteiger partial charge is 0.507 e. The summed E-state index contributed by atoms with van der Waals surface area (Å²) in [5.41, 5.74) is 2.97. The molecule has 0 aromatic heterocycles. The average Bonchev–Trinajstić information content (AvgIpc) is 2.47. The lowest BCUT2D eigenvalue weighted by Crippen LogP contribution is -2.40. The van der Waals surface area contributed by atoms with Gasteiger partial charge in [-0.25, -0.2) is 0 Å². The van der Waals surface area contributed by atoms with Crippen LogP contribution in [0.1, 0.15) is 49.8 Å². The Bertz CT molecular complexity index is 439. The van der Waals surface area contributed by atoms with Gasteiger partial charge in [-0.2, -0.15) is 0 Å². The molecule has 0 saturated heterocycles. The van der Waals surface area contributed by atoms with Gasteiger partial charge in [-0.1, -0.05) is 26.0 Å². The molecular formula is C17H27NO2. The van der Waals surface area contributed by atoms with Gasteiger partial charge in [0.2, 0.25) is 0 Å². The monoisotopic (exact) mass is 277 g/mol. The van der Waals surface area contributed by atoms with Crippen LogP contribution in [0.25, 0.3) is 0 Å². The Hall–Kier alpha value is -1.06. The molecule has 1 aromatic carbocycles. The van der Waals surface area contributed by atoms with Gasteiger partial charge in [0.1, 0.15) is 5.75 Å². The summed E-state index contributed by atoms with van der Waals surface area (Å²) in [5.74, 6) is 0.320. The van der Waals surface area contributed by atoms with Crippen LogP contribution in [0.4, 0.5) is 0 Å². The summed E-state index contributed by atoms with van der Waals surface area (Å²) in [6.45, 7) is 6.71. The molecule has 0 fully saturated rings. The second kappa shape index (κ2) is 7.09. The first-order valence-electron chi connectivity index (χ1n) is 7.88. The van der Waals surface area contributed by atoms with E-state index in [1.807, 2.05) is 6.07 Å². The van der Waals surface area contributed by atoms with Gasteiger partial charge in [0.15, 0.2) is 0 Å². The van der Waals surface area contributed by atoms with Crippen LogP contribution in [0.15, 0.2) is 12.1 Å². The number of rotatable bonds is 6. The molecule has 0 heterocycles. The molecule has 0 saturated carbocycles. The highest BCUT2D eigenvalue weighted by Gasteiger charge is 2.25. The van der Waals surface area contributed by atoms with Gasteiger partial charge in [0.25, 0.3) is 0 Å². The fraction of sp³-hybridized carbons (Fsp3) is 0.647. The Labute approximate surface area is 122 Å². The van der Waals surface area contributed by atoms with Gasteiger partial charge in [-0.15, -0.1) is 0 Å². The standard InChI is InChI=1S/C17H27NO2/c1-3-9-18(10-4-2)15-7-8-16-13(11-15)5-6-14(12-19)17(16)20/h5-6,15,19-20H,3-4,7-12H2,1-2H3. The maximum atomic E-state index is 10.2. The Kier molecular flexibility index (Phi) is 5.44. The first-order valence-corrected chi connectivity index (χ1v) is 7.88. The Morgan fingerprint density at radius 1 is 1.20 bits per heavy atom. The first-order chi connectivity index (χ1) is 9.71. The molecule has 2 N–H and O–H groups in total. The third kappa shape index (κ3) is 3.15. The number of hydrogen-bond donors (Lipinski definition) is 2. The number of aliphatic hydroxyl groups is 1. The molecule has 1 aliphatic rings. The third-order valence-corrected chi connectivity index (χ3v) is 4.35. The minimum atomic E-state index is -0.0830. The molecule has 3 heteroatoms. The predicted octanol–water partition coefficient (Wildman–Crippen LogP) is 2.86. The average molecular weight is 277 g/mol. The van der Waals surface area contributed by atoms with Crippen molar-refractivity contribution in [1.82, 2.24) is 4.90 Å². The molecule has 20 heavy (non-hydrogen) atoms. The van der Waals surface area contributed by atoms with Crippen molar-refractivity contribution in [2.24, 2.45) is 0 Å². The van der Waals surface area contributed by atoms with Crippen LogP contribution in [-0.2, 0) is 19.4 Å². The van der Waals surface area contributed by atoms with E-state index in [0.29, 0.717) is 17.4 Å². The smallest absolute Gasteiger partial charge is 0.124 e. The summed E-state index contributed by atoms with van der Waals surface area (Å²) in [7, 11) is 0. The summed E-state index contributed by atoms with van der Waals surface area (Å²) in [6.07, 6.45) is 5.43. The zero-order valence-electron chi connectivity index (χ0n) is 12.7. The second-order valence-electron chi connectivity index (χ2n) is 5.80. The van der Waals surface area contributed by atoms with Gasteiger partial charge < -0.3 is 15.1 Å². The fourth-order valence-corrected chi connectivity index (χ4v) is 3.35. The Balaban J connectivity index is 2.16. The summed E-state index contributed by atoms with van der Waals surface area (Å²) >= 11 is 0. The second-order valence-corrected chi connectivity index (χ2v) is 5.80. The first kappa shape index (κ1) is 15.3. The molecule has 112 valence electrons. The molecule has 0 radical (unpaired) electrons. The van der Waals surface area contributed by atoms with E-state index in [1.165, 1.54) is 18.4 Å². The van der Waals surface area contributed by atoms with E-state index in [9.17, 15) is 10.2 Å². The topological polar surface area (TPSA) is 43.7 Å². The summed E-state index contributed by atoms with van der Waals surface area (Å²) in [4.78, 5) is 2.60. The maximum Gasteiger partial charge on any atom is 0.124 e. The van der Waals surface area contributed by atoms with Crippen LogP contribution in [0.5, 0.6) is 5.75 Å². The van der Waals surface area contributed by atoms with Crippen molar-refractivity contribution in [2.75, 3.05) is 13.1 Å². The minimum absolute atomic E-state index is 0.0830. The molecule has 0 aliphatic heterocycles. The molecule has 2 rings (SSSR count). The fourth-order valence-electron chi connectivity index (χ4n) is 3.35. The summed E-state index contributed by atoms with van der Waals surface area (Å²) < 4.78 is 0. The van der Waals surface area contributed by atoms with Crippen LogP contribution in [0, 0.1) is 0 Å². The van der Waals surface area contributed by atoms with Crippen LogP contribution in [-0.4, -0.2) is 34.2 Å². The third-order valence-electron chi connectivity index (χ3n) is 4.35. The van der Waals surface area contributed by atoms with Gasteiger partial charge in [-0.05, 0) is 56.3 Å². The molecule has 1 unspecified atom stereocenters. The van der Waals surface area contributed by atoms with Gasteiger partial charge in [0.05, 0.1) is 6.61 Å². The van der Waals surface area contributed by atoms with Crippen molar-refractivity contribution in [3.05, 3.63) is 28.8 Å². The van der Waals surface area contributed by atoms with Gasteiger partial charge in [0, 0.05) is 11.6 Å². The molecule has 3 nitrogen and oxygen atoms in total. The normalized spacial score (nSPS) is 18.3. The number of nitrogens with zero attached hydrogens (tertiary/aromatic N) is 1. The van der Waals surface area contributed by atoms with Crippen LogP contribution in [0.2, 0.25) is 0 Å². The molecule has 1 aromatic rings. The van der Waals surface area contributed by atoms with Crippen LogP contribution in [0.3, 0.4) is 0 Å². The predicted molar refractivity (Wildman–Crippen MR) is 82.0 cm³/mol. The lowest BCUT2D eigenvalue weighted by molar-refractivity contribution is 0.179. The van der Waals surface area contributed by atoms with E-state index in [-0.39, 0.29) is 6.61 Å². The molecule has 0 amide bonds. The van der Waals surface area contributed by atoms with Crippen molar-refractivity contribution in [2.45, 2.75) is 58.6 Å². The lowest BCUT2D eigenvalue weighted by atomic mass is 9.85. The molecule has 1 atom stereocenters. The highest BCUT2D eigenvalue weighted by Crippen LogP contribution is 2.33. The number of aromatic hydroxyl groups is 1. The summed E-state index contributed by atoms with van der Waals surface area (Å²) in [6, 6.07) is 4.55. The van der Waals surface area contributed by atoms with Gasteiger partial charge in [-0.3, -0.25) is 0 Å². The van der Waals surface area contributed by atoms with E-state index < -0.39 is 0 Å². The number of aliphatic hydroxyl groups excluding tert-OH is 1. The van der Waals surface area contributed by atoms with Crippen molar-refractivity contribution in [3.8, 4) is 5.75 Å². The molecular weight excluding hydrogens is 250 g/mol. The molecule has 0 bridgehead atoms. The van der Waals surface area contributed by atoms with Crippen LogP contribution < -0.4 is 0 Å². The lowest BCUT2D eigenvalue weighted by Gasteiger charge is -2.35. The molecule has 1 aliphatic carbocycles. The molecule has 0 spiro atoms.